The molecule has 0 saturated carbocycles. The highest BCUT2D eigenvalue weighted by Crippen LogP contribution is 2.36. The molecule has 0 bridgehead atoms. The van der Waals surface area contributed by atoms with Crippen molar-refractivity contribution in [1.82, 2.24) is 0 Å². The fourth-order valence-corrected chi connectivity index (χ4v) is 4.35. The van der Waals surface area contributed by atoms with Gasteiger partial charge in [0.05, 0.1) is 5.69 Å². The average Bonchev–Trinajstić information content (AvgIpc) is 2.55. The minimum atomic E-state index is -0.155. The summed E-state index contributed by atoms with van der Waals surface area (Å²) in [4.78, 5) is 2.27. The molecule has 0 atom stereocenters. The van der Waals surface area contributed by atoms with Crippen molar-refractivity contribution in [2.24, 2.45) is 0 Å². The van der Waals surface area contributed by atoms with E-state index in [0.29, 0.717) is 0 Å². The summed E-state index contributed by atoms with van der Waals surface area (Å²) in [5.74, 6) is 0. The molecule has 1 nitrogen and oxygen atoms in total. The maximum atomic E-state index is 2.44. The lowest BCUT2D eigenvalue weighted by atomic mass is 9.97. The Morgan fingerprint density at radius 2 is 1.43 bits per heavy atom. The van der Waals surface area contributed by atoms with Gasteiger partial charge in [-0.1, -0.05) is 62.5 Å². The summed E-state index contributed by atoms with van der Waals surface area (Å²) in [5, 5.41) is 4.24. The van der Waals surface area contributed by atoms with E-state index < -0.39 is 0 Å². The van der Waals surface area contributed by atoms with Crippen LogP contribution >= 0.6 is 7.92 Å². The van der Waals surface area contributed by atoms with E-state index in [1.54, 1.807) is 0 Å². The van der Waals surface area contributed by atoms with E-state index >= 15 is 0 Å². The van der Waals surface area contributed by atoms with Crippen LogP contribution in [0.25, 0.3) is 10.8 Å². The van der Waals surface area contributed by atoms with Gasteiger partial charge in [0.15, 0.2) is 0 Å². The normalized spacial score (nSPS) is 11.2. The number of hydrogen-bond acceptors (Lipinski definition) is 1. The predicted octanol–water partition coefficient (Wildman–Crippen LogP) is 4.86. The smallest absolute Gasteiger partial charge is 0.0518 e. The molecule has 3 aromatic carbocycles. The maximum absolute atomic E-state index is 2.44. The Morgan fingerprint density at radius 1 is 0.826 bits per heavy atom. The maximum Gasteiger partial charge on any atom is 0.0518 e. The predicted molar refractivity (Wildman–Crippen MR) is 106 cm³/mol. The van der Waals surface area contributed by atoms with Gasteiger partial charge in [0, 0.05) is 19.5 Å². The minimum Gasteiger partial charge on any atom is -0.377 e. The number of nitrogens with zero attached hydrogens (tertiary/aromatic N) is 1. The van der Waals surface area contributed by atoms with Crippen molar-refractivity contribution in [3.05, 3.63) is 71.8 Å². The van der Waals surface area contributed by atoms with Gasteiger partial charge in [0.25, 0.3) is 0 Å². The number of rotatable bonds is 4. The van der Waals surface area contributed by atoms with Crippen LogP contribution in [0.3, 0.4) is 0 Å². The fourth-order valence-electron chi connectivity index (χ4n) is 3.19. The zero-order valence-electron chi connectivity index (χ0n) is 14.4. The molecule has 0 aromatic heterocycles. The molecule has 0 saturated heterocycles. The van der Waals surface area contributed by atoms with Crippen molar-refractivity contribution < 1.29 is 0 Å². The summed E-state index contributed by atoms with van der Waals surface area (Å²) >= 11 is 0. The third-order valence-corrected chi connectivity index (χ3v) is 5.55. The molecular weight excluding hydrogens is 297 g/mol. The molecule has 0 N–H and O–H groups in total. The second kappa shape index (κ2) is 6.72. The molecule has 118 valence electrons. The summed E-state index contributed by atoms with van der Waals surface area (Å²) in [6, 6.07) is 22.0. The van der Waals surface area contributed by atoms with Crippen LogP contribution in [0.5, 0.6) is 0 Å². The number of fused-ring (bicyclic) bond motifs is 1. The lowest BCUT2D eigenvalue weighted by molar-refractivity contribution is 1.14. The Labute approximate surface area is 140 Å². The van der Waals surface area contributed by atoms with E-state index in [1.807, 2.05) is 0 Å². The zero-order valence-corrected chi connectivity index (χ0v) is 15.3. The van der Waals surface area contributed by atoms with E-state index in [2.05, 4.69) is 93.0 Å². The molecule has 0 heterocycles. The topological polar surface area (TPSA) is 3.24 Å². The Kier molecular flexibility index (Phi) is 4.68. The third-order valence-electron chi connectivity index (χ3n) is 4.25. The van der Waals surface area contributed by atoms with Crippen molar-refractivity contribution in [2.75, 3.05) is 32.3 Å². The second-order valence-corrected chi connectivity index (χ2v) is 8.67. The fraction of sp³-hybridized carbons (Fsp3) is 0.238. The van der Waals surface area contributed by atoms with Gasteiger partial charge < -0.3 is 4.90 Å². The van der Waals surface area contributed by atoms with Crippen LogP contribution < -0.4 is 10.2 Å². The van der Waals surface area contributed by atoms with Crippen LogP contribution in [-0.2, 0) is 6.42 Å². The molecule has 3 rings (SSSR count). The van der Waals surface area contributed by atoms with Crippen LogP contribution in [0.4, 0.5) is 5.69 Å². The third kappa shape index (κ3) is 3.26. The molecular formula is C21H24NP. The highest BCUT2D eigenvalue weighted by atomic mass is 31.1. The quantitative estimate of drug-likeness (QED) is 0.620. The van der Waals surface area contributed by atoms with Gasteiger partial charge in [-0.15, -0.1) is 0 Å². The van der Waals surface area contributed by atoms with Crippen molar-refractivity contribution >= 4 is 29.7 Å². The van der Waals surface area contributed by atoms with Crippen molar-refractivity contribution in [3.8, 4) is 0 Å². The number of hydrogen-bond donors (Lipinski definition) is 0. The molecule has 3 aromatic rings. The summed E-state index contributed by atoms with van der Waals surface area (Å²) in [7, 11) is 4.15. The summed E-state index contributed by atoms with van der Waals surface area (Å²) in [5.41, 5.74) is 4.19. The van der Waals surface area contributed by atoms with Crippen LogP contribution in [0.1, 0.15) is 11.1 Å². The Balaban J connectivity index is 2.24. The first-order valence-corrected chi connectivity index (χ1v) is 10.2. The Morgan fingerprint density at radius 3 is 2.04 bits per heavy atom. The first kappa shape index (κ1) is 16.0. The molecule has 23 heavy (non-hydrogen) atoms. The second-order valence-electron chi connectivity index (χ2n) is 6.40. The standard InChI is InChI=1S/C21H24NP/c1-22(2)21-19-13-9-8-12-18(19)17(15-20(21)23(3)4)14-16-10-6-5-7-11-16/h5-13,15H,14H2,1-4H3. The van der Waals surface area contributed by atoms with E-state index in [-0.39, 0.29) is 7.92 Å². The molecule has 0 amide bonds. The largest absolute Gasteiger partial charge is 0.377 e. The summed E-state index contributed by atoms with van der Waals surface area (Å²) in [6.07, 6.45) is 0.991. The van der Waals surface area contributed by atoms with Gasteiger partial charge in [0.1, 0.15) is 0 Å². The Hall–Kier alpha value is -1.85. The first-order valence-electron chi connectivity index (χ1n) is 8.01. The van der Waals surface area contributed by atoms with Crippen LogP contribution in [-0.4, -0.2) is 27.4 Å². The van der Waals surface area contributed by atoms with E-state index in [0.717, 1.165) is 6.42 Å². The molecule has 0 fully saturated rings. The molecule has 0 aliphatic heterocycles. The summed E-state index contributed by atoms with van der Waals surface area (Å²) in [6.45, 7) is 4.69. The van der Waals surface area contributed by atoms with Crippen LogP contribution in [0, 0.1) is 0 Å². The van der Waals surface area contributed by atoms with Crippen molar-refractivity contribution in [1.29, 1.82) is 0 Å². The highest BCUT2D eigenvalue weighted by molar-refractivity contribution is 7.64. The lowest BCUT2D eigenvalue weighted by Gasteiger charge is -2.24. The lowest BCUT2D eigenvalue weighted by Crippen LogP contribution is -2.19. The van der Waals surface area contributed by atoms with Crippen LogP contribution in [0.2, 0.25) is 0 Å². The van der Waals surface area contributed by atoms with Gasteiger partial charge in [-0.05, 0) is 47.6 Å². The first-order chi connectivity index (χ1) is 11.1. The van der Waals surface area contributed by atoms with Crippen molar-refractivity contribution in [3.63, 3.8) is 0 Å². The molecule has 0 radical (unpaired) electrons. The number of benzene rings is 3. The molecule has 0 aliphatic carbocycles. The monoisotopic (exact) mass is 321 g/mol. The van der Waals surface area contributed by atoms with E-state index in [9.17, 15) is 0 Å². The van der Waals surface area contributed by atoms with E-state index in [1.165, 1.54) is 32.9 Å². The van der Waals surface area contributed by atoms with Gasteiger partial charge >= 0.3 is 0 Å². The highest BCUT2D eigenvalue weighted by Gasteiger charge is 2.15. The zero-order chi connectivity index (χ0) is 16.4. The number of anilines is 1. The van der Waals surface area contributed by atoms with Gasteiger partial charge in [-0.3, -0.25) is 0 Å². The molecule has 0 aliphatic rings. The van der Waals surface area contributed by atoms with Gasteiger partial charge in [0.2, 0.25) is 0 Å². The van der Waals surface area contributed by atoms with Crippen molar-refractivity contribution in [2.45, 2.75) is 6.42 Å². The summed E-state index contributed by atoms with van der Waals surface area (Å²) < 4.78 is 0. The van der Waals surface area contributed by atoms with Crippen LogP contribution in [0.15, 0.2) is 60.7 Å². The molecule has 2 heteroatoms. The van der Waals surface area contributed by atoms with E-state index in [4.69, 9.17) is 0 Å². The van der Waals surface area contributed by atoms with Gasteiger partial charge in [-0.2, -0.15) is 0 Å². The molecule has 0 unspecified atom stereocenters. The SMILES string of the molecule is CN(C)c1c(P(C)C)cc(Cc2ccccc2)c2ccccc12. The van der Waals surface area contributed by atoms with Gasteiger partial charge in [-0.25, -0.2) is 0 Å². The average molecular weight is 321 g/mol. The Bertz CT molecular complexity index is 807. The molecule has 0 spiro atoms. The minimum absolute atomic E-state index is 0.155.